The normalized spacial score (nSPS) is 12.1. The van der Waals surface area contributed by atoms with Crippen LogP contribution in [0, 0.1) is 6.92 Å². The summed E-state index contributed by atoms with van der Waals surface area (Å²) < 4.78 is 33.7. The number of aryl methyl sites for hydroxylation is 1. The Morgan fingerprint density at radius 1 is 0.969 bits per heavy atom. The summed E-state index contributed by atoms with van der Waals surface area (Å²) in [4.78, 5) is 12.7. The van der Waals surface area contributed by atoms with E-state index in [9.17, 15) is 13.2 Å². The second kappa shape index (κ2) is 10.3. The fraction of sp³-hybridized carbons (Fsp3) is 0.174. The third-order valence-corrected chi connectivity index (χ3v) is 6.50. The second-order valence-corrected chi connectivity index (χ2v) is 9.60. The smallest absolute Gasteiger partial charge is 0.265 e. The van der Waals surface area contributed by atoms with Gasteiger partial charge in [0.25, 0.3) is 15.9 Å². The lowest BCUT2D eigenvalue weighted by molar-refractivity contribution is -0.122. The first-order valence-electron chi connectivity index (χ1n) is 9.80. The standard InChI is InChI=1S/C23H22Cl2N2O4S/c1-3-22(31-19-10-6-16(24)7-11-19)23(28)26-18-8-12-20(13-9-18)32(29,30)27-21-14-17(25)5-4-15(21)2/h4-14,22,27H,3H2,1-2H3,(H,26,28)/t22-/m0/s1. The van der Waals surface area contributed by atoms with E-state index < -0.39 is 16.1 Å². The van der Waals surface area contributed by atoms with E-state index in [4.69, 9.17) is 27.9 Å². The number of hydrogen-bond donors (Lipinski definition) is 2. The maximum absolute atomic E-state index is 12.7. The molecule has 1 amide bonds. The van der Waals surface area contributed by atoms with E-state index >= 15 is 0 Å². The maximum atomic E-state index is 12.7. The molecule has 6 nitrogen and oxygen atoms in total. The number of hydrogen-bond acceptors (Lipinski definition) is 4. The van der Waals surface area contributed by atoms with Crippen LogP contribution in [-0.4, -0.2) is 20.4 Å². The third kappa shape index (κ3) is 6.16. The molecule has 0 aromatic heterocycles. The highest BCUT2D eigenvalue weighted by Gasteiger charge is 2.20. The molecule has 9 heteroatoms. The van der Waals surface area contributed by atoms with Gasteiger partial charge in [-0.05, 0) is 79.6 Å². The van der Waals surface area contributed by atoms with E-state index in [0.717, 1.165) is 5.56 Å². The topological polar surface area (TPSA) is 84.5 Å². The zero-order valence-electron chi connectivity index (χ0n) is 17.4. The predicted octanol–water partition coefficient (Wildman–Crippen LogP) is 5.90. The van der Waals surface area contributed by atoms with Crippen molar-refractivity contribution in [1.82, 2.24) is 0 Å². The number of amides is 1. The predicted molar refractivity (Wildman–Crippen MR) is 128 cm³/mol. The molecule has 0 spiro atoms. The van der Waals surface area contributed by atoms with E-state index in [1.54, 1.807) is 49.4 Å². The van der Waals surface area contributed by atoms with E-state index in [1.807, 2.05) is 6.92 Å². The summed E-state index contributed by atoms with van der Waals surface area (Å²) in [5.74, 6) is 0.186. The quantitative estimate of drug-likeness (QED) is 0.409. The van der Waals surface area contributed by atoms with E-state index in [0.29, 0.717) is 33.6 Å². The Hall–Kier alpha value is -2.74. The van der Waals surface area contributed by atoms with Crippen molar-refractivity contribution in [2.45, 2.75) is 31.3 Å². The SMILES string of the molecule is CC[C@H](Oc1ccc(Cl)cc1)C(=O)Nc1ccc(S(=O)(=O)Nc2cc(Cl)ccc2C)cc1. The Kier molecular flexibility index (Phi) is 7.66. The minimum atomic E-state index is -3.82. The maximum Gasteiger partial charge on any atom is 0.265 e. The van der Waals surface area contributed by atoms with Crippen LogP contribution >= 0.6 is 23.2 Å². The Morgan fingerprint density at radius 2 is 1.59 bits per heavy atom. The minimum Gasteiger partial charge on any atom is -0.481 e. The van der Waals surface area contributed by atoms with Crippen molar-refractivity contribution in [1.29, 1.82) is 0 Å². The van der Waals surface area contributed by atoms with Gasteiger partial charge in [-0.15, -0.1) is 0 Å². The van der Waals surface area contributed by atoms with Crippen LogP contribution in [0.25, 0.3) is 0 Å². The molecule has 0 heterocycles. The Labute approximate surface area is 197 Å². The van der Waals surface area contributed by atoms with Crippen molar-refractivity contribution in [3.8, 4) is 5.75 Å². The molecular weight excluding hydrogens is 471 g/mol. The number of carbonyl (C=O) groups excluding carboxylic acids is 1. The van der Waals surface area contributed by atoms with Gasteiger partial charge in [0, 0.05) is 15.7 Å². The molecule has 0 aliphatic rings. The third-order valence-electron chi connectivity index (χ3n) is 4.63. The zero-order valence-corrected chi connectivity index (χ0v) is 19.8. The van der Waals surface area contributed by atoms with Crippen molar-refractivity contribution in [3.05, 3.63) is 82.3 Å². The molecule has 0 fully saturated rings. The van der Waals surface area contributed by atoms with Gasteiger partial charge in [0.15, 0.2) is 6.10 Å². The number of benzene rings is 3. The van der Waals surface area contributed by atoms with Gasteiger partial charge >= 0.3 is 0 Å². The molecule has 0 radical (unpaired) electrons. The van der Waals surface area contributed by atoms with Crippen molar-refractivity contribution in [2.24, 2.45) is 0 Å². The van der Waals surface area contributed by atoms with Crippen LogP contribution in [-0.2, 0) is 14.8 Å². The van der Waals surface area contributed by atoms with Crippen LogP contribution in [0.5, 0.6) is 5.75 Å². The molecule has 0 unspecified atom stereocenters. The molecule has 0 bridgehead atoms. The highest BCUT2D eigenvalue weighted by Crippen LogP contribution is 2.24. The summed E-state index contributed by atoms with van der Waals surface area (Å²) in [7, 11) is -3.82. The van der Waals surface area contributed by atoms with Crippen LogP contribution < -0.4 is 14.8 Å². The van der Waals surface area contributed by atoms with Gasteiger partial charge in [-0.25, -0.2) is 8.42 Å². The average molecular weight is 493 g/mol. The average Bonchev–Trinajstić information content (AvgIpc) is 2.76. The zero-order chi connectivity index (χ0) is 23.3. The van der Waals surface area contributed by atoms with Crippen molar-refractivity contribution in [3.63, 3.8) is 0 Å². The summed E-state index contributed by atoms with van der Waals surface area (Å²) >= 11 is 11.8. The molecule has 0 aliphatic heterocycles. The molecule has 1 atom stereocenters. The summed E-state index contributed by atoms with van der Waals surface area (Å²) in [6.07, 6.45) is -0.267. The van der Waals surface area contributed by atoms with Gasteiger partial charge in [0.1, 0.15) is 5.75 Å². The van der Waals surface area contributed by atoms with Crippen molar-refractivity contribution < 1.29 is 17.9 Å². The molecule has 32 heavy (non-hydrogen) atoms. The molecular formula is C23H22Cl2N2O4S. The molecule has 0 saturated carbocycles. The Bertz CT molecular complexity index is 1200. The van der Waals surface area contributed by atoms with Crippen molar-refractivity contribution >= 4 is 50.5 Å². The summed E-state index contributed by atoms with van der Waals surface area (Å²) in [6.45, 7) is 3.61. The number of carbonyl (C=O) groups is 1. The first-order chi connectivity index (χ1) is 15.2. The van der Waals surface area contributed by atoms with Crippen LogP contribution in [0.3, 0.4) is 0 Å². The summed E-state index contributed by atoms with van der Waals surface area (Å²) in [5.41, 5.74) is 1.60. The highest BCUT2D eigenvalue weighted by molar-refractivity contribution is 7.92. The van der Waals surface area contributed by atoms with Gasteiger partial charge in [-0.3, -0.25) is 9.52 Å². The fourth-order valence-corrected chi connectivity index (χ4v) is 4.27. The monoisotopic (exact) mass is 492 g/mol. The van der Waals surface area contributed by atoms with E-state index in [-0.39, 0.29) is 10.8 Å². The lowest BCUT2D eigenvalue weighted by Crippen LogP contribution is -2.32. The summed E-state index contributed by atoms with van der Waals surface area (Å²) in [5, 5.41) is 3.75. The number of nitrogens with one attached hydrogen (secondary N) is 2. The number of sulfonamides is 1. The molecule has 0 aliphatic carbocycles. The minimum absolute atomic E-state index is 0.0549. The second-order valence-electron chi connectivity index (χ2n) is 7.05. The van der Waals surface area contributed by atoms with E-state index in [2.05, 4.69) is 10.0 Å². The molecule has 2 N–H and O–H groups in total. The Morgan fingerprint density at radius 3 is 2.22 bits per heavy atom. The van der Waals surface area contributed by atoms with Crippen LogP contribution in [0.1, 0.15) is 18.9 Å². The Balaban J connectivity index is 1.68. The number of ether oxygens (including phenoxy) is 1. The lowest BCUT2D eigenvalue weighted by Gasteiger charge is -2.17. The van der Waals surface area contributed by atoms with Crippen LogP contribution in [0.2, 0.25) is 10.0 Å². The molecule has 3 rings (SSSR count). The van der Waals surface area contributed by atoms with Crippen LogP contribution in [0.15, 0.2) is 71.6 Å². The van der Waals surface area contributed by atoms with E-state index in [1.165, 1.54) is 24.3 Å². The number of rotatable bonds is 8. The molecule has 3 aromatic carbocycles. The van der Waals surface area contributed by atoms with Gasteiger partial charge in [0.05, 0.1) is 10.6 Å². The summed E-state index contributed by atoms with van der Waals surface area (Å²) in [6, 6.07) is 17.6. The molecule has 0 saturated heterocycles. The van der Waals surface area contributed by atoms with Crippen LogP contribution in [0.4, 0.5) is 11.4 Å². The highest BCUT2D eigenvalue weighted by atomic mass is 35.5. The fourth-order valence-electron chi connectivity index (χ4n) is 2.85. The van der Waals surface area contributed by atoms with Gasteiger partial charge in [-0.1, -0.05) is 36.2 Å². The first-order valence-corrected chi connectivity index (χ1v) is 12.0. The first kappa shape index (κ1) is 23.9. The molecule has 3 aromatic rings. The largest absolute Gasteiger partial charge is 0.481 e. The number of halogens is 2. The van der Waals surface area contributed by atoms with Gasteiger partial charge in [-0.2, -0.15) is 0 Å². The lowest BCUT2D eigenvalue weighted by atomic mass is 10.2. The van der Waals surface area contributed by atoms with Gasteiger partial charge < -0.3 is 10.1 Å². The number of anilines is 2. The van der Waals surface area contributed by atoms with Crippen molar-refractivity contribution in [2.75, 3.05) is 10.0 Å². The van der Waals surface area contributed by atoms with Gasteiger partial charge in [0.2, 0.25) is 0 Å². The molecule has 168 valence electrons.